The molecule has 0 spiro atoms. The van der Waals surface area contributed by atoms with Crippen molar-refractivity contribution in [2.24, 2.45) is 0 Å². The van der Waals surface area contributed by atoms with Crippen molar-refractivity contribution in [3.8, 4) is 16.9 Å². The highest BCUT2D eigenvalue weighted by atomic mass is 35.5. The SMILES string of the molecule is COc1ccc(C2/C=C\CN(C(=O)Nc3ccccc3-c3ccccc3)CC(=O)N2Cc2cccc(Cl)c2)cc1. The zero-order valence-electron chi connectivity index (χ0n) is 22.2. The van der Waals surface area contributed by atoms with Gasteiger partial charge < -0.3 is 19.9 Å². The predicted octanol–water partition coefficient (Wildman–Crippen LogP) is 7.19. The summed E-state index contributed by atoms with van der Waals surface area (Å²) in [7, 11) is 1.62. The lowest BCUT2D eigenvalue weighted by molar-refractivity contribution is -0.134. The second kappa shape index (κ2) is 12.5. The van der Waals surface area contributed by atoms with Gasteiger partial charge >= 0.3 is 6.03 Å². The smallest absolute Gasteiger partial charge is 0.322 e. The molecule has 0 saturated heterocycles. The number of hydrogen-bond donors (Lipinski definition) is 1. The molecule has 4 aromatic carbocycles. The van der Waals surface area contributed by atoms with Crippen LogP contribution < -0.4 is 10.1 Å². The van der Waals surface area contributed by atoms with Gasteiger partial charge in [-0.2, -0.15) is 0 Å². The fraction of sp³-hybridized carbons (Fsp3) is 0.152. The Kier molecular flexibility index (Phi) is 8.47. The second-order valence-corrected chi connectivity index (χ2v) is 9.96. The van der Waals surface area contributed by atoms with Crippen LogP contribution in [0.2, 0.25) is 5.02 Å². The van der Waals surface area contributed by atoms with Gasteiger partial charge in [0, 0.05) is 23.7 Å². The highest BCUT2D eigenvalue weighted by Gasteiger charge is 2.29. The van der Waals surface area contributed by atoms with Gasteiger partial charge in [-0.05, 0) is 47.0 Å². The van der Waals surface area contributed by atoms with Crippen LogP contribution in [0.4, 0.5) is 10.5 Å². The number of halogens is 1. The Bertz CT molecular complexity index is 1510. The Morgan fingerprint density at radius 3 is 2.45 bits per heavy atom. The third-order valence-electron chi connectivity index (χ3n) is 6.87. The van der Waals surface area contributed by atoms with Gasteiger partial charge in [-0.15, -0.1) is 0 Å². The summed E-state index contributed by atoms with van der Waals surface area (Å²) in [6.45, 7) is 0.562. The summed E-state index contributed by atoms with van der Waals surface area (Å²) in [6.07, 6.45) is 3.91. The van der Waals surface area contributed by atoms with Crippen molar-refractivity contribution < 1.29 is 14.3 Å². The number of para-hydroxylation sites is 1. The first-order chi connectivity index (χ1) is 19.5. The molecular formula is C33H30ClN3O3. The predicted molar refractivity (Wildman–Crippen MR) is 159 cm³/mol. The topological polar surface area (TPSA) is 61.9 Å². The van der Waals surface area contributed by atoms with Crippen molar-refractivity contribution in [2.45, 2.75) is 12.6 Å². The quantitative estimate of drug-likeness (QED) is 0.258. The van der Waals surface area contributed by atoms with Crippen molar-refractivity contribution in [3.63, 3.8) is 0 Å². The number of amides is 3. The Hall–Kier alpha value is -4.55. The van der Waals surface area contributed by atoms with Crippen LogP contribution in [0.5, 0.6) is 5.75 Å². The van der Waals surface area contributed by atoms with Gasteiger partial charge in [0.1, 0.15) is 12.3 Å². The van der Waals surface area contributed by atoms with E-state index in [9.17, 15) is 9.59 Å². The molecule has 0 aliphatic carbocycles. The molecule has 0 radical (unpaired) electrons. The summed E-state index contributed by atoms with van der Waals surface area (Å²) in [5.74, 6) is 0.571. The van der Waals surface area contributed by atoms with Crippen molar-refractivity contribution in [2.75, 3.05) is 25.5 Å². The highest BCUT2D eigenvalue weighted by Crippen LogP contribution is 2.30. The van der Waals surface area contributed by atoms with Gasteiger partial charge in [0.05, 0.1) is 18.8 Å². The van der Waals surface area contributed by atoms with Gasteiger partial charge in [-0.1, -0.05) is 96.5 Å². The molecule has 0 aromatic heterocycles. The fourth-order valence-electron chi connectivity index (χ4n) is 4.82. The maximum absolute atomic E-state index is 13.8. The zero-order valence-corrected chi connectivity index (χ0v) is 22.9. The molecule has 0 bridgehead atoms. The van der Waals surface area contributed by atoms with Crippen molar-refractivity contribution in [3.05, 3.63) is 131 Å². The largest absolute Gasteiger partial charge is 0.497 e. The Morgan fingerprint density at radius 1 is 0.950 bits per heavy atom. The van der Waals surface area contributed by atoms with Crippen LogP contribution in [0.3, 0.4) is 0 Å². The van der Waals surface area contributed by atoms with E-state index in [4.69, 9.17) is 16.3 Å². The second-order valence-electron chi connectivity index (χ2n) is 9.52. The first-order valence-electron chi connectivity index (χ1n) is 13.1. The van der Waals surface area contributed by atoms with Gasteiger partial charge in [0.25, 0.3) is 0 Å². The molecule has 1 unspecified atom stereocenters. The summed E-state index contributed by atoms with van der Waals surface area (Å²) in [4.78, 5) is 30.6. The number of methoxy groups -OCH3 is 1. The van der Waals surface area contributed by atoms with Gasteiger partial charge in [0.15, 0.2) is 0 Å². The number of nitrogens with zero attached hydrogens (tertiary/aromatic N) is 2. The van der Waals surface area contributed by atoms with E-state index in [2.05, 4.69) is 5.32 Å². The fourth-order valence-corrected chi connectivity index (χ4v) is 5.03. The number of ether oxygens (including phenoxy) is 1. The monoisotopic (exact) mass is 551 g/mol. The van der Waals surface area contributed by atoms with E-state index in [1.807, 2.05) is 109 Å². The van der Waals surface area contributed by atoms with Gasteiger partial charge in [0.2, 0.25) is 5.91 Å². The van der Waals surface area contributed by atoms with E-state index in [1.54, 1.807) is 18.1 Å². The Balaban J connectivity index is 1.42. The third kappa shape index (κ3) is 6.35. The Morgan fingerprint density at radius 2 is 1.70 bits per heavy atom. The summed E-state index contributed by atoms with van der Waals surface area (Å²) in [5.41, 5.74) is 4.44. The molecule has 7 heteroatoms. The molecule has 1 N–H and O–H groups in total. The molecule has 1 aliphatic heterocycles. The van der Waals surface area contributed by atoms with Crippen LogP contribution >= 0.6 is 11.6 Å². The zero-order chi connectivity index (χ0) is 27.9. The number of benzene rings is 4. The lowest BCUT2D eigenvalue weighted by Gasteiger charge is -2.34. The standard InChI is InChI=1S/C33H30ClN3O3/c1-40-28-18-16-26(17-19-28)31-15-8-20-36(23-32(38)37(31)22-24-9-7-12-27(34)21-24)33(39)35-30-14-6-5-13-29(30)25-10-3-2-4-11-25/h2-19,21,31H,20,22-23H2,1H3,(H,35,39)/b15-8-. The minimum absolute atomic E-state index is 0.0725. The number of carbonyl (C=O) groups is 2. The summed E-state index contributed by atoms with van der Waals surface area (Å²) >= 11 is 6.25. The van der Waals surface area contributed by atoms with Crippen LogP contribution in [0.15, 0.2) is 115 Å². The van der Waals surface area contributed by atoms with Crippen LogP contribution in [0.1, 0.15) is 17.2 Å². The lowest BCUT2D eigenvalue weighted by atomic mass is 10.0. The van der Waals surface area contributed by atoms with Gasteiger partial charge in [-0.3, -0.25) is 4.79 Å². The number of urea groups is 1. The summed E-state index contributed by atoms with van der Waals surface area (Å²) < 4.78 is 5.32. The maximum atomic E-state index is 13.8. The van der Waals surface area contributed by atoms with Crippen molar-refractivity contribution >= 4 is 29.2 Å². The molecule has 0 fully saturated rings. The number of nitrogens with one attached hydrogen (secondary N) is 1. The number of hydrogen-bond acceptors (Lipinski definition) is 3. The third-order valence-corrected chi connectivity index (χ3v) is 7.10. The molecule has 1 heterocycles. The van der Waals surface area contributed by atoms with Crippen LogP contribution in [0.25, 0.3) is 11.1 Å². The number of rotatable bonds is 6. The van der Waals surface area contributed by atoms with E-state index < -0.39 is 0 Å². The molecule has 3 amide bonds. The first kappa shape index (κ1) is 27.0. The molecule has 1 aliphatic rings. The minimum atomic E-state index is -0.341. The molecule has 40 heavy (non-hydrogen) atoms. The van der Waals surface area contributed by atoms with E-state index in [-0.39, 0.29) is 24.5 Å². The molecule has 0 saturated carbocycles. The number of carbonyl (C=O) groups excluding carboxylic acids is 2. The van der Waals surface area contributed by atoms with Crippen LogP contribution in [-0.2, 0) is 11.3 Å². The average molecular weight is 552 g/mol. The van der Waals surface area contributed by atoms with E-state index in [0.29, 0.717) is 23.8 Å². The molecular weight excluding hydrogens is 522 g/mol. The first-order valence-corrected chi connectivity index (χ1v) is 13.4. The summed E-state index contributed by atoms with van der Waals surface area (Å²) in [6, 6.07) is 32.0. The number of anilines is 1. The molecule has 5 rings (SSSR count). The molecule has 1 atom stereocenters. The summed E-state index contributed by atoms with van der Waals surface area (Å²) in [5, 5.41) is 3.63. The van der Waals surface area contributed by atoms with Crippen molar-refractivity contribution in [1.29, 1.82) is 0 Å². The minimum Gasteiger partial charge on any atom is -0.497 e. The van der Waals surface area contributed by atoms with Crippen LogP contribution in [-0.4, -0.2) is 41.9 Å². The molecule has 6 nitrogen and oxygen atoms in total. The average Bonchev–Trinajstić information content (AvgIpc) is 2.98. The van der Waals surface area contributed by atoms with Crippen LogP contribution in [0, 0.1) is 0 Å². The van der Waals surface area contributed by atoms with Gasteiger partial charge in [-0.25, -0.2) is 4.79 Å². The van der Waals surface area contributed by atoms with Crippen molar-refractivity contribution in [1.82, 2.24) is 9.80 Å². The van der Waals surface area contributed by atoms with E-state index in [1.165, 1.54) is 4.90 Å². The normalized spacial score (nSPS) is 16.1. The van der Waals surface area contributed by atoms with E-state index >= 15 is 0 Å². The Labute approximate surface area is 239 Å². The molecule has 4 aromatic rings. The lowest BCUT2D eigenvalue weighted by Crippen LogP contribution is -2.46. The van der Waals surface area contributed by atoms with E-state index in [0.717, 1.165) is 28.0 Å². The highest BCUT2D eigenvalue weighted by molar-refractivity contribution is 6.30. The maximum Gasteiger partial charge on any atom is 0.322 e. The molecule has 202 valence electrons.